The third kappa shape index (κ3) is 4.18. The molecule has 0 radical (unpaired) electrons. The van der Waals surface area contributed by atoms with E-state index in [1.54, 1.807) is 12.3 Å². The van der Waals surface area contributed by atoms with Crippen molar-refractivity contribution in [2.24, 2.45) is 0 Å². The lowest BCUT2D eigenvalue weighted by atomic mass is 10.0. The van der Waals surface area contributed by atoms with E-state index < -0.39 is 0 Å². The number of anilines is 1. The average molecular weight is 506 g/mol. The predicted molar refractivity (Wildman–Crippen MR) is 138 cm³/mol. The van der Waals surface area contributed by atoms with Crippen LogP contribution >= 0.6 is 22.9 Å². The number of nitrogens with zero attached hydrogens (tertiary/aromatic N) is 5. The molecular weight excluding hydrogens is 482 g/mol. The fourth-order valence-electron chi connectivity index (χ4n) is 4.63. The summed E-state index contributed by atoms with van der Waals surface area (Å²) in [5, 5.41) is 16.5. The van der Waals surface area contributed by atoms with Gasteiger partial charge in [0.2, 0.25) is 16.7 Å². The van der Waals surface area contributed by atoms with Crippen molar-refractivity contribution in [3.8, 4) is 17.5 Å². The summed E-state index contributed by atoms with van der Waals surface area (Å²) in [6, 6.07) is 20.0. The molecule has 3 aromatic heterocycles. The minimum Gasteiger partial charge on any atom is -0.492 e. The highest BCUT2D eigenvalue weighted by Gasteiger charge is 2.32. The SMILES string of the molecule is Cc1ccc([C@H](c2sc3nc(-c4ccco4)nn3c2O)N2CCN(c3cccc(Cl)c3)CC2)cc1. The maximum Gasteiger partial charge on any atom is 0.230 e. The van der Waals surface area contributed by atoms with Gasteiger partial charge in [0, 0.05) is 36.9 Å². The number of rotatable bonds is 5. The number of hydrogen-bond acceptors (Lipinski definition) is 7. The van der Waals surface area contributed by atoms with Gasteiger partial charge in [-0.1, -0.05) is 58.8 Å². The monoisotopic (exact) mass is 505 g/mol. The van der Waals surface area contributed by atoms with Crippen LogP contribution in [0.3, 0.4) is 0 Å². The molecule has 5 aromatic rings. The van der Waals surface area contributed by atoms with Crippen LogP contribution in [0, 0.1) is 6.92 Å². The highest BCUT2D eigenvalue weighted by atomic mass is 35.5. The second-order valence-electron chi connectivity index (χ2n) is 8.71. The van der Waals surface area contributed by atoms with Crippen molar-refractivity contribution in [2.45, 2.75) is 13.0 Å². The van der Waals surface area contributed by atoms with E-state index in [0.29, 0.717) is 16.5 Å². The molecule has 2 aromatic carbocycles. The van der Waals surface area contributed by atoms with Crippen LogP contribution in [0.1, 0.15) is 22.0 Å². The average Bonchev–Trinajstić information content (AvgIpc) is 3.60. The number of aryl methyl sites for hydroxylation is 1. The second kappa shape index (κ2) is 9.03. The standard InChI is InChI=1S/C26H24ClN5O2S/c1-17-7-9-18(10-8-17)22(31-13-11-30(12-14-31)20-5-2-4-19(27)16-20)23-25(33)32-26(35-23)28-24(29-32)21-6-3-15-34-21/h2-10,15-16,22,33H,11-14H2,1H3/t22-/m1/s1. The minimum absolute atomic E-state index is 0.0994. The fraction of sp³-hybridized carbons (Fsp3) is 0.231. The van der Waals surface area contributed by atoms with Gasteiger partial charge in [-0.2, -0.15) is 9.50 Å². The topological polar surface area (TPSA) is 70.0 Å². The molecule has 35 heavy (non-hydrogen) atoms. The van der Waals surface area contributed by atoms with Gasteiger partial charge < -0.3 is 14.4 Å². The van der Waals surface area contributed by atoms with Gasteiger partial charge in [-0.25, -0.2) is 0 Å². The number of benzene rings is 2. The van der Waals surface area contributed by atoms with Crippen molar-refractivity contribution in [3.05, 3.63) is 88.0 Å². The van der Waals surface area contributed by atoms with Crippen LogP contribution in [0.15, 0.2) is 71.3 Å². The first-order valence-corrected chi connectivity index (χ1v) is 12.7. The first-order valence-electron chi connectivity index (χ1n) is 11.5. The minimum atomic E-state index is -0.0994. The second-order valence-corrected chi connectivity index (χ2v) is 10.2. The molecule has 0 saturated carbocycles. The van der Waals surface area contributed by atoms with E-state index in [0.717, 1.165) is 47.3 Å². The van der Waals surface area contributed by atoms with Crippen molar-refractivity contribution in [1.29, 1.82) is 0 Å². The molecule has 6 rings (SSSR count). The first kappa shape index (κ1) is 22.2. The van der Waals surface area contributed by atoms with Gasteiger partial charge in [-0.05, 0) is 42.8 Å². The van der Waals surface area contributed by atoms with Gasteiger partial charge in [0.1, 0.15) is 0 Å². The van der Waals surface area contributed by atoms with Crippen LogP contribution in [-0.2, 0) is 0 Å². The van der Waals surface area contributed by atoms with Gasteiger partial charge in [0.05, 0.1) is 17.2 Å². The molecule has 1 saturated heterocycles. The van der Waals surface area contributed by atoms with Gasteiger partial charge >= 0.3 is 0 Å². The third-order valence-electron chi connectivity index (χ3n) is 6.44. The summed E-state index contributed by atoms with van der Waals surface area (Å²) < 4.78 is 6.94. The maximum atomic E-state index is 11.3. The van der Waals surface area contributed by atoms with E-state index in [2.05, 4.69) is 57.1 Å². The van der Waals surface area contributed by atoms with Gasteiger partial charge in [0.15, 0.2) is 5.76 Å². The van der Waals surface area contributed by atoms with Crippen LogP contribution in [0.4, 0.5) is 5.69 Å². The summed E-state index contributed by atoms with van der Waals surface area (Å²) in [5.74, 6) is 1.16. The summed E-state index contributed by atoms with van der Waals surface area (Å²) in [6.45, 7) is 5.50. The lowest BCUT2D eigenvalue weighted by Gasteiger charge is -2.40. The molecule has 1 aliphatic heterocycles. The Hall–Kier alpha value is -3.33. The molecule has 0 aliphatic carbocycles. The molecule has 0 bridgehead atoms. The summed E-state index contributed by atoms with van der Waals surface area (Å²) >= 11 is 7.69. The molecule has 1 aliphatic rings. The number of piperazine rings is 1. The molecule has 0 amide bonds. The van der Waals surface area contributed by atoms with Crippen LogP contribution in [0.25, 0.3) is 16.5 Å². The maximum absolute atomic E-state index is 11.3. The lowest BCUT2D eigenvalue weighted by molar-refractivity contribution is 0.211. The Morgan fingerprint density at radius 1 is 1.03 bits per heavy atom. The zero-order valence-corrected chi connectivity index (χ0v) is 20.7. The third-order valence-corrected chi connectivity index (χ3v) is 7.74. The van der Waals surface area contributed by atoms with E-state index in [-0.39, 0.29) is 11.9 Å². The first-order chi connectivity index (χ1) is 17.1. The summed E-state index contributed by atoms with van der Waals surface area (Å²) in [4.78, 5) is 10.9. The quantitative estimate of drug-likeness (QED) is 0.334. The number of furan rings is 1. The number of halogens is 1. The molecule has 1 atom stereocenters. The van der Waals surface area contributed by atoms with Crippen LogP contribution in [-0.4, -0.2) is 50.8 Å². The predicted octanol–water partition coefficient (Wildman–Crippen LogP) is 5.63. The number of aromatic hydroxyl groups is 1. The van der Waals surface area contributed by atoms with Gasteiger partial charge in [-0.15, -0.1) is 5.10 Å². The molecule has 9 heteroatoms. The Labute approximate surface area is 211 Å². The molecule has 7 nitrogen and oxygen atoms in total. The van der Waals surface area contributed by atoms with Crippen LogP contribution in [0.5, 0.6) is 5.88 Å². The van der Waals surface area contributed by atoms with Crippen LogP contribution < -0.4 is 4.90 Å². The van der Waals surface area contributed by atoms with Crippen molar-refractivity contribution in [2.75, 3.05) is 31.1 Å². The highest BCUT2D eigenvalue weighted by molar-refractivity contribution is 7.17. The highest BCUT2D eigenvalue weighted by Crippen LogP contribution is 2.41. The number of fused-ring (bicyclic) bond motifs is 1. The number of hydrogen-bond donors (Lipinski definition) is 1. The van der Waals surface area contributed by atoms with Crippen molar-refractivity contribution in [3.63, 3.8) is 0 Å². The molecule has 0 unspecified atom stereocenters. The van der Waals surface area contributed by atoms with Crippen molar-refractivity contribution in [1.82, 2.24) is 19.5 Å². The fourth-order valence-corrected chi connectivity index (χ4v) is 5.93. The van der Waals surface area contributed by atoms with Crippen LogP contribution in [0.2, 0.25) is 5.02 Å². The Balaban J connectivity index is 1.33. The van der Waals surface area contributed by atoms with E-state index in [1.807, 2.05) is 24.3 Å². The number of aromatic nitrogens is 3. The van der Waals surface area contributed by atoms with E-state index in [1.165, 1.54) is 21.4 Å². The molecule has 1 N–H and O–H groups in total. The van der Waals surface area contributed by atoms with Crippen molar-refractivity contribution >= 4 is 33.6 Å². The Kier molecular flexibility index (Phi) is 5.72. The summed E-state index contributed by atoms with van der Waals surface area (Å²) in [5.41, 5.74) is 3.47. The van der Waals surface area contributed by atoms with E-state index in [9.17, 15) is 5.11 Å². The number of thiazole rings is 1. The normalized spacial score (nSPS) is 15.7. The van der Waals surface area contributed by atoms with Gasteiger partial charge in [-0.3, -0.25) is 4.90 Å². The zero-order chi connectivity index (χ0) is 23.9. The summed E-state index contributed by atoms with van der Waals surface area (Å²) in [6.07, 6.45) is 1.59. The van der Waals surface area contributed by atoms with Crippen molar-refractivity contribution < 1.29 is 9.52 Å². The molecule has 4 heterocycles. The smallest absolute Gasteiger partial charge is 0.230 e. The van der Waals surface area contributed by atoms with E-state index >= 15 is 0 Å². The summed E-state index contributed by atoms with van der Waals surface area (Å²) in [7, 11) is 0. The zero-order valence-electron chi connectivity index (χ0n) is 19.1. The molecule has 0 spiro atoms. The Morgan fingerprint density at radius 3 is 2.51 bits per heavy atom. The Bertz CT molecular complexity index is 1450. The lowest BCUT2D eigenvalue weighted by Crippen LogP contribution is -2.47. The molecule has 1 fully saturated rings. The van der Waals surface area contributed by atoms with Gasteiger partial charge in [0.25, 0.3) is 0 Å². The molecule has 178 valence electrons. The molecular formula is C26H24ClN5O2S. The van der Waals surface area contributed by atoms with E-state index in [4.69, 9.17) is 16.0 Å². The largest absolute Gasteiger partial charge is 0.492 e. The Morgan fingerprint density at radius 2 is 1.83 bits per heavy atom.